The normalized spacial score (nSPS) is 11.0. The van der Waals surface area contributed by atoms with Crippen molar-refractivity contribution in [2.24, 2.45) is 0 Å². The second-order valence-corrected chi connectivity index (χ2v) is 6.01. The summed E-state index contributed by atoms with van der Waals surface area (Å²) < 4.78 is 20.2. The van der Waals surface area contributed by atoms with Gasteiger partial charge >= 0.3 is 6.01 Å². The molecule has 130 valence electrons. The quantitative estimate of drug-likeness (QED) is 0.668. The molecule has 0 amide bonds. The van der Waals surface area contributed by atoms with E-state index in [1.165, 1.54) is 16.8 Å². The van der Waals surface area contributed by atoms with E-state index in [0.29, 0.717) is 17.8 Å². The largest absolute Gasteiger partial charge is 0.460 e. The zero-order valence-corrected chi connectivity index (χ0v) is 14.5. The van der Waals surface area contributed by atoms with Crippen LogP contribution in [-0.2, 0) is 0 Å². The highest BCUT2D eigenvalue weighted by atomic mass is 19.1. The van der Waals surface area contributed by atoms with Crippen molar-refractivity contribution in [2.45, 2.75) is 59.0 Å². The average molecular weight is 333 g/mol. The Morgan fingerprint density at radius 2 is 2.08 bits per heavy atom. The number of nitrogens with zero attached hydrogens (tertiary/aromatic N) is 3. The van der Waals surface area contributed by atoms with E-state index in [1.807, 2.05) is 13.8 Å². The maximum absolute atomic E-state index is 13.5. The van der Waals surface area contributed by atoms with Crippen molar-refractivity contribution in [2.75, 3.05) is 0 Å². The van der Waals surface area contributed by atoms with Gasteiger partial charge in [-0.2, -0.15) is 9.67 Å². The van der Waals surface area contributed by atoms with Gasteiger partial charge in [0.05, 0.1) is 6.10 Å². The second-order valence-electron chi connectivity index (χ2n) is 6.01. The van der Waals surface area contributed by atoms with Crippen LogP contribution < -0.4 is 4.74 Å². The molecule has 24 heavy (non-hydrogen) atoms. The Morgan fingerprint density at radius 3 is 2.75 bits per heavy atom. The van der Waals surface area contributed by atoms with Crippen molar-refractivity contribution < 1.29 is 13.9 Å². The molecule has 1 heterocycles. The molecule has 0 aliphatic heterocycles. The van der Waals surface area contributed by atoms with Crippen LogP contribution in [0.3, 0.4) is 0 Å². The summed E-state index contributed by atoms with van der Waals surface area (Å²) in [5, 5.41) is 4.17. The lowest BCUT2D eigenvalue weighted by atomic mass is 10.1. The van der Waals surface area contributed by atoms with E-state index < -0.39 is 0 Å². The van der Waals surface area contributed by atoms with Crippen LogP contribution in [0.25, 0.3) is 11.4 Å². The Hall–Kier alpha value is -2.24. The molecule has 0 aliphatic rings. The van der Waals surface area contributed by atoms with E-state index in [0.717, 1.165) is 25.7 Å². The standard InChI is InChI=1S/C18H24FN3O2/c1-4-5-6-7-11-16(23)22-17(14-9-8-10-15(19)12-14)20-18(21-22)24-13(2)3/h8-10,12-13H,4-7,11H2,1-3H3. The Kier molecular flexibility index (Phi) is 6.46. The van der Waals surface area contributed by atoms with E-state index >= 15 is 0 Å². The maximum Gasteiger partial charge on any atom is 0.336 e. The minimum atomic E-state index is -0.385. The molecule has 0 saturated carbocycles. The number of rotatable bonds is 8. The van der Waals surface area contributed by atoms with Crippen molar-refractivity contribution in [1.29, 1.82) is 0 Å². The highest BCUT2D eigenvalue weighted by molar-refractivity contribution is 5.82. The van der Waals surface area contributed by atoms with Gasteiger partial charge in [-0.1, -0.05) is 38.3 Å². The van der Waals surface area contributed by atoms with Crippen molar-refractivity contribution in [1.82, 2.24) is 14.8 Å². The molecule has 0 radical (unpaired) electrons. The van der Waals surface area contributed by atoms with Gasteiger partial charge < -0.3 is 4.74 Å². The molecule has 6 heteroatoms. The molecular weight excluding hydrogens is 309 g/mol. The fourth-order valence-electron chi connectivity index (χ4n) is 2.35. The molecule has 5 nitrogen and oxygen atoms in total. The van der Waals surface area contributed by atoms with E-state index in [2.05, 4.69) is 17.0 Å². The Labute approximate surface area is 141 Å². The third-order valence-electron chi connectivity index (χ3n) is 3.49. The monoisotopic (exact) mass is 333 g/mol. The zero-order chi connectivity index (χ0) is 17.5. The first-order valence-corrected chi connectivity index (χ1v) is 8.44. The molecule has 0 saturated heterocycles. The number of halogens is 1. The fraction of sp³-hybridized carbons (Fsp3) is 0.500. The van der Waals surface area contributed by atoms with Gasteiger partial charge in [0.25, 0.3) is 0 Å². The summed E-state index contributed by atoms with van der Waals surface area (Å²) in [5.41, 5.74) is 0.503. The van der Waals surface area contributed by atoms with Gasteiger partial charge in [-0.05, 0) is 32.4 Å². The predicted octanol–water partition coefficient (Wildman–Crippen LogP) is 4.48. The summed E-state index contributed by atoms with van der Waals surface area (Å²) in [6.45, 7) is 5.83. The lowest BCUT2D eigenvalue weighted by molar-refractivity contribution is 0.0881. The minimum absolute atomic E-state index is 0.110. The summed E-state index contributed by atoms with van der Waals surface area (Å²) in [4.78, 5) is 16.8. The highest BCUT2D eigenvalue weighted by Crippen LogP contribution is 2.22. The molecule has 0 fully saturated rings. The van der Waals surface area contributed by atoms with E-state index in [-0.39, 0.29) is 23.8 Å². The topological polar surface area (TPSA) is 57.0 Å². The van der Waals surface area contributed by atoms with Crippen LogP contribution in [-0.4, -0.2) is 26.8 Å². The van der Waals surface area contributed by atoms with Crippen molar-refractivity contribution >= 4 is 5.91 Å². The Balaban J connectivity index is 2.27. The summed E-state index contributed by atoms with van der Waals surface area (Å²) in [7, 11) is 0. The molecule has 0 aliphatic carbocycles. The third kappa shape index (κ3) is 4.88. The average Bonchev–Trinajstić information content (AvgIpc) is 2.94. The van der Waals surface area contributed by atoms with Gasteiger partial charge in [-0.3, -0.25) is 4.79 Å². The third-order valence-corrected chi connectivity index (χ3v) is 3.49. The first-order chi connectivity index (χ1) is 11.5. The molecule has 1 aromatic heterocycles. The van der Waals surface area contributed by atoms with Crippen LogP contribution in [0.4, 0.5) is 4.39 Å². The van der Waals surface area contributed by atoms with Crippen molar-refractivity contribution in [3.63, 3.8) is 0 Å². The van der Waals surface area contributed by atoms with Crippen LogP contribution in [0.1, 0.15) is 57.7 Å². The highest BCUT2D eigenvalue weighted by Gasteiger charge is 2.19. The van der Waals surface area contributed by atoms with E-state index in [4.69, 9.17) is 4.74 Å². The van der Waals surface area contributed by atoms with Crippen LogP contribution >= 0.6 is 0 Å². The van der Waals surface area contributed by atoms with Crippen LogP contribution in [0, 0.1) is 5.82 Å². The molecule has 0 spiro atoms. The van der Waals surface area contributed by atoms with Crippen LogP contribution in [0.5, 0.6) is 6.01 Å². The Bertz CT molecular complexity index is 683. The lowest BCUT2D eigenvalue weighted by Gasteiger charge is -2.05. The number of ether oxygens (including phenoxy) is 1. The van der Waals surface area contributed by atoms with Crippen LogP contribution in [0.15, 0.2) is 24.3 Å². The molecule has 0 atom stereocenters. The molecule has 2 aromatic rings. The number of hydrogen-bond acceptors (Lipinski definition) is 4. The van der Waals surface area contributed by atoms with E-state index in [1.54, 1.807) is 12.1 Å². The fourth-order valence-corrected chi connectivity index (χ4v) is 2.35. The van der Waals surface area contributed by atoms with Gasteiger partial charge in [-0.15, -0.1) is 5.10 Å². The SMILES string of the molecule is CCCCCCC(=O)n1nc(OC(C)C)nc1-c1cccc(F)c1. The van der Waals surface area contributed by atoms with Gasteiger partial charge in [0.2, 0.25) is 5.91 Å². The summed E-state index contributed by atoms with van der Waals surface area (Å²) >= 11 is 0. The number of carbonyl (C=O) groups excluding carboxylic acids is 1. The molecule has 2 rings (SSSR count). The summed E-state index contributed by atoms with van der Waals surface area (Å²) in [5.74, 6) is -0.231. The minimum Gasteiger partial charge on any atom is -0.460 e. The summed E-state index contributed by atoms with van der Waals surface area (Å²) in [6.07, 6.45) is 4.28. The van der Waals surface area contributed by atoms with Gasteiger partial charge in [0.15, 0.2) is 5.82 Å². The molecule has 0 bridgehead atoms. The number of unbranched alkanes of at least 4 members (excludes halogenated alkanes) is 3. The van der Waals surface area contributed by atoms with E-state index in [9.17, 15) is 9.18 Å². The lowest BCUT2D eigenvalue weighted by Crippen LogP contribution is -2.14. The number of hydrogen-bond donors (Lipinski definition) is 0. The van der Waals surface area contributed by atoms with Crippen molar-refractivity contribution in [3.05, 3.63) is 30.1 Å². The summed E-state index contributed by atoms with van der Waals surface area (Å²) in [6, 6.07) is 6.10. The molecular formula is C18H24FN3O2. The van der Waals surface area contributed by atoms with Gasteiger partial charge in [0, 0.05) is 12.0 Å². The predicted molar refractivity (Wildman–Crippen MR) is 90.6 cm³/mol. The van der Waals surface area contributed by atoms with Crippen LogP contribution in [0.2, 0.25) is 0 Å². The first kappa shape index (κ1) is 18.1. The maximum atomic E-state index is 13.5. The molecule has 0 unspecified atom stereocenters. The second kappa shape index (κ2) is 8.57. The number of benzene rings is 1. The number of aromatic nitrogens is 3. The smallest absolute Gasteiger partial charge is 0.336 e. The van der Waals surface area contributed by atoms with Gasteiger partial charge in [-0.25, -0.2) is 4.39 Å². The first-order valence-electron chi connectivity index (χ1n) is 8.44. The molecule has 1 aromatic carbocycles. The van der Waals surface area contributed by atoms with Gasteiger partial charge in [0.1, 0.15) is 5.82 Å². The zero-order valence-electron chi connectivity index (χ0n) is 14.5. The number of carbonyl (C=O) groups is 1. The molecule has 0 N–H and O–H groups in total. The Morgan fingerprint density at radius 1 is 1.29 bits per heavy atom. The van der Waals surface area contributed by atoms with Crippen molar-refractivity contribution in [3.8, 4) is 17.4 Å².